The summed E-state index contributed by atoms with van der Waals surface area (Å²) in [5.74, 6) is -2.02. The zero-order chi connectivity index (χ0) is 24.9. The van der Waals surface area contributed by atoms with Gasteiger partial charge in [0.2, 0.25) is 5.91 Å². The molecule has 186 valence electrons. The highest BCUT2D eigenvalue weighted by atomic mass is 19.4. The van der Waals surface area contributed by atoms with Crippen molar-refractivity contribution >= 4 is 17.8 Å². The van der Waals surface area contributed by atoms with Gasteiger partial charge in [-0.05, 0) is 30.7 Å². The molecule has 0 aromatic heterocycles. The molecule has 0 radical (unpaired) electrons. The molecular formula is C21H30F3N3O6. The van der Waals surface area contributed by atoms with Crippen molar-refractivity contribution in [3.8, 4) is 5.75 Å². The van der Waals surface area contributed by atoms with Gasteiger partial charge < -0.3 is 29.7 Å². The maximum Gasteiger partial charge on any atom is 0.490 e. The number of piperazine rings is 1. The summed E-state index contributed by atoms with van der Waals surface area (Å²) in [4.78, 5) is 37.7. The summed E-state index contributed by atoms with van der Waals surface area (Å²) in [5.41, 5.74) is 0.595. The van der Waals surface area contributed by atoms with Crippen LogP contribution in [-0.2, 0) is 14.3 Å². The number of halogens is 3. The molecule has 2 amide bonds. The van der Waals surface area contributed by atoms with E-state index in [9.17, 15) is 22.8 Å². The number of carbonyl (C=O) groups is 3. The van der Waals surface area contributed by atoms with Crippen LogP contribution in [0.4, 0.5) is 13.2 Å². The number of hydrogen-bond acceptors (Lipinski definition) is 6. The number of methoxy groups -OCH3 is 2. The molecule has 0 bridgehead atoms. The van der Waals surface area contributed by atoms with Gasteiger partial charge in [0.25, 0.3) is 5.91 Å². The SMILES string of the molecule is COCCCN(CCC(=O)N1CCNCC1)C(=O)c1ccc(OC)cc1.O=C(O)C(F)(F)F. The summed E-state index contributed by atoms with van der Waals surface area (Å²) in [6.07, 6.45) is -4.00. The lowest BCUT2D eigenvalue weighted by atomic mass is 10.1. The Morgan fingerprint density at radius 1 is 1.09 bits per heavy atom. The van der Waals surface area contributed by atoms with E-state index in [-0.39, 0.29) is 11.8 Å². The Morgan fingerprint density at radius 3 is 2.15 bits per heavy atom. The zero-order valence-corrected chi connectivity index (χ0v) is 18.7. The molecule has 0 spiro atoms. The van der Waals surface area contributed by atoms with Gasteiger partial charge in [-0.2, -0.15) is 13.2 Å². The van der Waals surface area contributed by atoms with Crippen LogP contribution < -0.4 is 10.1 Å². The summed E-state index contributed by atoms with van der Waals surface area (Å²) in [6.45, 7) is 4.68. The van der Waals surface area contributed by atoms with E-state index in [1.807, 2.05) is 4.90 Å². The Kier molecular flexibility index (Phi) is 12.2. The average molecular weight is 477 g/mol. The number of ether oxygens (including phenoxy) is 2. The van der Waals surface area contributed by atoms with Gasteiger partial charge in [0.15, 0.2) is 0 Å². The summed E-state index contributed by atoms with van der Waals surface area (Å²) < 4.78 is 42.0. The van der Waals surface area contributed by atoms with Crippen molar-refractivity contribution in [1.82, 2.24) is 15.1 Å². The number of nitrogens with one attached hydrogen (secondary N) is 1. The first-order valence-electron chi connectivity index (χ1n) is 10.3. The molecule has 2 N–H and O–H groups in total. The largest absolute Gasteiger partial charge is 0.497 e. The summed E-state index contributed by atoms with van der Waals surface area (Å²) in [7, 11) is 3.24. The first kappa shape index (κ1) is 28.2. The number of nitrogens with zero attached hydrogens (tertiary/aromatic N) is 2. The molecule has 0 atom stereocenters. The summed E-state index contributed by atoms with van der Waals surface area (Å²) in [5, 5.41) is 10.4. The fourth-order valence-electron chi connectivity index (χ4n) is 2.93. The van der Waals surface area contributed by atoms with E-state index in [1.54, 1.807) is 43.4 Å². The highest BCUT2D eigenvalue weighted by molar-refractivity contribution is 5.94. The van der Waals surface area contributed by atoms with E-state index < -0.39 is 12.1 Å². The number of alkyl halides is 3. The van der Waals surface area contributed by atoms with E-state index in [2.05, 4.69) is 5.32 Å². The predicted octanol–water partition coefficient (Wildman–Crippen LogP) is 1.63. The van der Waals surface area contributed by atoms with E-state index in [4.69, 9.17) is 19.4 Å². The Bertz CT molecular complexity index is 753. The quantitative estimate of drug-likeness (QED) is 0.521. The Balaban J connectivity index is 0.000000675. The number of carboxylic acid groups (broad SMARTS) is 1. The fraction of sp³-hybridized carbons (Fsp3) is 0.571. The number of amides is 2. The molecule has 1 heterocycles. The van der Waals surface area contributed by atoms with E-state index in [1.165, 1.54) is 0 Å². The highest BCUT2D eigenvalue weighted by Crippen LogP contribution is 2.14. The van der Waals surface area contributed by atoms with Gasteiger partial charge in [-0.15, -0.1) is 0 Å². The molecular weight excluding hydrogens is 447 g/mol. The smallest absolute Gasteiger partial charge is 0.490 e. The van der Waals surface area contributed by atoms with Gasteiger partial charge in [0.1, 0.15) is 5.75 Å². The molecule has 1 saturated heterocycles. The maximum absolute atomic E-state index is 12.8. The van der Waals surface area contributed by atoms with Crippen LogP contribution in [0.15, 0.2) is 24.3 Å². The molecule has 0 saturated carbocycles. The predicted molar refractivity (Wildman–Crippen MR) is 113 cm³/mol. The number of carbonyl (C=O) groups excluding carboxylic acids is 2. The van der Waals surface area contributed by atoms with E-state index >= 15 is 0 Å². The van der Waals surface area contributed by atoms with Crippen molar-refractivity contribution in [2.75, 3.05) is 60.1 Å². The molecule has 12 heteroatoms. The highest BCUT2D eigenvalue weighted by Gasteiger charge is 2.38. The van der Waals surface area contributed by atoms with Gasteiger partial charge >= 0.3 is 12.1 Å². The fourth-order valence-corrected chi connectivity index (χ4v) is 2.93. The Labute approximate surface area is 190 Å². The van der Waals surface area contributed by atoms with Crippen molar-refractivity contribution < 1.29 is 42.1 Å². The lowest BCUT2D eigenvalue weighted by Crippen LogP contribution is -2.47. The van der Waals surface area contributed by atoms with Crippen LogP contribution in [0.25, 0.3) is 0 Å². The molecule has 1 aliphatic heterocycles. The van der Waals surface area contributed by atoms with Crippen molar-refractivity contribution in [2.45, 2.75) is 19.0 Å². The van der Waals surface area contributed by atoms with Crippen LogP contribution >= 0.6 is 0 Å². The molecule has 1 aromatic rings. The molecule has 9 nitrogen and oxygen atoms in total. The number of aliphatic carboxylic acids is 1. The first-order valence-corrected chi connectivity index (χ1v) is 10.3. The molecule has 2 rings (SSSR count). The number of benzene rings is 1. The van der Waals surface area contributed by atoms with Crippen molar-refractivity contribution in [3.05, 3.63) is 29.8 Å². The van der Waals surface area contributed by atoms with E-state index in [0.29, 0.717) is 37.4 Å². The van der Waals surface area contributed by atoms with Gasteiger partial charge in [0.05, 0.1) is 7.11 Å². The van der Waals surface area contributed by atoms with E-state index in [0.717, 1.165) is 32.6 Å². The minimum absolute atomic E-state index is 0.0723. The topological polar surface area (TPSA) is 108 Å². The summed E-state index contributed by atoms with van der Waals surface area (Å²) in [6, 6.07) is 7.05. The monoisotopic (exact) mass is 477 g/mol. The van der Waals surface area contributed by atoms with Gasteiger partial charge in [0, 0.05) is 65.0 Å². The van der Waals surface area contributed by atoms with Crippen LogP contribution in [0.3, 0.4) is 0 Å². The standard InChI is InChI=1S/C19H29N3O4.C2HF3O2/c1-25-15-3-11-22(12-8-18(23)21-13-9-20-10-14-21)19(24)16-4-6-17(26-2)7-5-16;3-2(4,5)1(6)7/h4-7,20H,3,8-15H2,1-2H3;(H,6,7). The second-order valence-corrected chi connectivity index (χ2v) is 7.05. The molecule has 1 aliphatic rings. The van der Waals surface area contributed by atoms with Crippen molar-refractivity contribution in [2.24, 2.45) is 0 Å². The molecule has 0 aliphatic carbocycles. The lowest BCUT2D eigenvalue weighted by Gasteiger charge is -2.29. The van der Waals surface area contributed by atoms with Crippen LogP contribution in [-0.4, -0.2) is 99.0 Å². The molecule has 0 unspecified atom stereocenters. The molecule has 1 fully saturated rings. The zero-order valence-electron chi connectivity index (χ0n) is 18.7. The maximum atomic E-state index is 12.8. The van der Waals surface area contributed by atoms with Crippen LogP contribution in [0.5, 0.6) is 5.75 Å². The second-order valence-electron chi connectivity index (χ2n) is 7.05. The Hall–Kier alpha value is -2.86. The van der Waals surface area contributed by atoms with Crippen molar-refractivity contribution in [3.63, 3.8) is 0 Å². The summed E-state index contributed by atoms with van der Waals surface area (Å²) >= 11 is 0. The second kappa shape index (κ2) is 14.3. The van der Waals surface area contributed by atoms with Gasteiger partial charge in [-0.25, -0.2) is 4.79 Å². The third-order valence-corrected chi connectivity index (χ3v) is 4.71. The molecule has 33 heavy (non-hydrogen) atoms. The van der Waals surface area contributed by atoms with Gasteiger partial charge in [-0.3, -0.25) is 9.59 Å². The van der Waals surface area contributed by atoms with Crippen molar-refractivity contribution in [1.29, 1.82) is 0 Å². The Morgan fingerprint density at radius 2 is 1.67 bits per heavy atom. The lowest BCUT2D eigenvalue weighted by molar-refractivity contribution is -0.192. The third-order valence-electron chi connectivity index (χ3n) is 4.71. The average Bonchev–Trinajstić information content (AvgIpc) is 2.81. The van der Waals surface area contributed by atoms with Crippen LogP contribution in [0.1, 0.15) is 23.2 Å². The van der Waals surface area contributed by atoms with Crippen LogP contribution in [0.2, 0.25) is 0 Å². The minimum atomic E-state index is -5.08. The first-order chi connectivity index (χ1) is 15.6. The normalized spacial score (nSPS) is 13.5. The number of carboxylic acids is 1. The number of hydrogen-bond donors (Lipinski definition) is 2. The molecule has 1 aromatic carbocycles. The number of rotatable bonds is 9. The third kappa shape index (κ3) is 10.5. The van der Waals surface area contributed by atoms with Gasteiger partial charge in [-0.1, -0.05) is 0 Å². The minimum Gasteiger partial charge on any atom is -0.497 e. The van der Waals surface area contributed by atoms with Crippen LogP contribution in [0, 0.1) is 0 Å².